The van der Waals surface area contributed by atoms with Gasteiger partial charge in [-0.2, -0.15) is 0 Å². The highest BCUT2D eigenvalue weighted by Gasteiger charge is 2.55. The van der Waals surface area contributed by atoms with Gasteiger partial charge in [-0.15, -0.1) is 0 Å². The maximum Gasteiger partial charge on any atom is 0.328 e. The number of aromatic nitrogens is 1. The molecular formula is C23H36N4O3. The highest BCUT2D eigenvalue weighted by atomic mass is 16.5. The first-order valence-electron chi connectivity index (χ1n) is 11.1. The molecule has 3 atom stereocenters. The molecule has 7 nitrogen and oxygen atoms in total. The summed E-state index contributed by atoms with van der Waals surface area (Å²) in [6.45, 7) is 10.9. The number of ether oxygens (including phenoxy) is 1. The molecule has 7 heteroatoms. The topological polar surface area (TPSA) is 74.8 Å². The van der Waals surface area contributed by atoms with Gasteiger partial charge in [0.05, 0.1) is 7.11 Å². The molecule has 2 aliphatic heterocycles. The number of carbonyl (C=O) groups is 2. The van der Waals surface area contributed by atoms with Crippen LogP contribution in [0.25, 0.3) is 0 Å². The highest BCUT2D eigenvalue weighted by Crippen LogP contribution is 2.55. The lowest BCUT2D eigenvalue weighted by Gasteiger charge is -2.62. The van der Waals surface area contributed by atoms with Gasteiger partial charge >= 0.3 is 12.0 Å². The largest absolute Gasteiger partial charge is 0.467 e. The normalized spacial score (nSPS) is 23.0. The molecule has 1 aromatic heterocycles. The second-order valence-electron chi connectivity index (χ2n) is 9.14. The third kappa shape index (κ3) is 4.31. The molecule has 1 aromatic rings. The van der Waals surface area contributed by atoms with Crippen LogP contribution in [-0.4, -0.2) is 65.6 Å². The average molecular weight is 417 g/mol. The van der Waals surface area contributed by atoms with Crippen molar-refractivity contribution in [3.63, 3.8) is 0 Å². The zero-order chi connectivity index (χ0) is 21.9. The van der Waals surface area contributed by atoms with Gasteiger partial charge in [0.15, 0.2) is 0 Å². The molecule has 166 valence electrons. The summed E-state index contributed by atoms with van der Waals surface area (Å²) in [5.41, 5.74) is 1.45. The van der Waals surface area contributed by atoms with E-state index in [1.165, 1.54) is 12.7 Å². The van der Waals surface area contributed by atoms with Gasteiger partial charge in [0, 0.05) is 49.5 Å². The lowest BCUT2D eigenvalue weighted by Crippen LogP contribution is -2.64. The van der Waals surface area contributed by atoms with Gasteiger partial charge in [-0.1, -0.05) is 26.3 Å². The van der Waals surface area contributed by atoms with E-state index < -0.39 is 6.04 Å². The summed E-state index contributed by atoms with van der Waals surface area (Å²) in [5.74, 6) is -0.354. The quantitative estimate of drug-likeness (QED) is 0.721. The number of hydrogen-bond acceptors (Lipinski definition) is 5. The van der Waals surface area contributed by atoms with Gasteiger partial charge < -0.3 is 15.0 Å². The second-order valence-corrected chi connectivity index (χ2v) is 9.14. The molecule has 3 heterocycles. The van der Waals surface area contributed by atoms with E-state index in [0.29, 0.717) is 25.2 Å². The maximum atomic E-state index is 12.9. The van der Waals surface area contributed by atoms with Crippen LogP contribution in [0.1, 0.15) is 58.6 Å². The fourth-order valence-corrected chi connectivity index (χ4v) is 4.95. The summed E-state index contributed by atoms with van der Waals surface area (Å²) in [4.78, 5) is 33.7. The summed E-state index contributed by atoms with van der Waals surface area (Å²) in [5, 5.41) is 2.91. The first-order chi connectivity index (χ1) is 14.3. The lowest BCUT2D eigenvalue weighted by atomic mass is 9.63. The summed E-state index contributed by atoms with van der Waals surface area (Å²) >= 11 is 0. The third-order valence-corrected chi connectivity index (χ3v) is 7.07. The van der Waals surface area contributed by atoms with Crippen LogP contribution in [0.4, 0.5) is 4.79 Å². The molecule has 30 heavy (non-hydrogen) atoms. The fraction of sp³-hybridized carbons (Fsp3) is 0.696. The van der Waals surface area contributed by atoms with Crippen LogP contribution in [0.5, 0.6) is 0 Å². The number of hydrogen-bond donors (Lipinski definition) is 1. The van der Waals surface area contributed by atoms with E-state index in [1.54, 1.807) is 0 Å². The standard InChI is InChI=1S/C23H36N4O3/c1-6-17(4)19(21(28)30-5)25-22(29)26-12-9-23(10-13-26)15-27(16(2)3)20(23)18-8-7-11-24-14-18/h7-8,11,14,16-17,19-20H,6,9-10,12-13,15H2,1-5H3,(H,25,29)/t17-,19-,20?/m1/s1. The Morgan fingerprint density at radius 2 is 2.00 bits per heavy atom. The number of amides is 2. The SMILES string of the molecule is CC[C@@H](C)[C@@H](NC(=O)N1CCC2(CC1)CN(C(C)C)C2c1cccnc1)C(=O)OC. The molecule has 2 amide bonds. The van der Waals surface area contributed by atoms with Gasteiger partial charge in [0.1, 0.15) is 6.04 Å². The number of likely N-dealkylation sites (tertiary alicyclic amines) is 2. The summed E-state index contributed by atoms with van der Waals surface area (Å²) in [6, 6.07) is 4.22. The Kier molecular flexibility index (Phi) is 7.01. The molecule has 2 aliphatic rings. The fourth-order valence-electron chi connectivity index (χ4n) is 4.95. The molecule has 1 spiro atoms. The van der Waals surface area contributed by atoms with E-state index in [9.17, 15) is 9.59 Å². The van der Waals surface area contributed by atoms with E-state index in [0.717, 1.165) is 25.8 Å². The highest BCUT2D eigenvalue weighted by molar-refractivity contribution is 5.83. The van der Waals surface area contributed by atoms with Gasteiger partial charge in [-0.25, -0.2) is 9.59 Å². The smallest absolute Gasteiger partial charge is 0.328 e. The zero-order valence-corrected chi connectivity index (χ0v) is 18.9. The van der Waals surface area contributed by atoms with Crippen molar-refractivity contribution in [3.05, 3.63) is 30.1 Å². The molecule has 0 saturated carbocycles. The van der Waals surface area contributed by atoms with Gasteiger partial charge in [-0.05, 0) is 44.2 Å². The number of carbonyl (C=O) groups excluding carboxylic acids is 2. The molecule has 0 bridgehead atoms. The monoisotopic (exact) mass is 416 g/mol. The number of methoxy groups -OCH3 is 1. The molecule has 0 aromatic carbocycles. The first kappa shape index (κ1) is 22.5. The Morgan fingerprint density at radius 3 is 2.53 bits per heavy atom. The van der Waals surface area contributed by atoms with Gasteiger partial charge in [0.25, 0.3) is 0 Å². The van der Waals surface area contributed by atoms with Crippen molar-refractivity contribution in [3.8, 4) is 0 Å². The predicted octanol–water partition coefficient (Wildman–Crippen LogP) is 3.23. The molecule has 1 unspecified atom stereocenters. The number of nitrogens with one attached hydrogen (secondary N) is 1. The van der Waals surface area contributed by atoms with E-state index in [1.807, 2.05) is 37.2 Å². The van der Waals surface area contributed by atoms with Crippen molar-refractivity contribution in [1.29, 1.82) is 0 Å². The maximum absolute atomic E-state index is 12.9. The van der Waals surface area contributed by atoms with Crippen LogP contribution < -0.4 is 5.32 Å². The predicted molar refractivity (Wildman–Crippen MR) is 116 cm³/mol. The Balaban J connectivity index is 1.66. The number of pyridine rings is 1. The van der Waals surface area contributed by atoms with Crippen molar-refractivity contribution >= 4 is 12.0 Å². The minimum Gasteiger partial charge on any atom is -0.467 e. The van der Waals surface area contributed by atoms with Crippen LogP contribution in [0.15, 0.2) is 24.5 Å². The third-order valence-electron chi connectivity index (χ3n) is 7.07. The second kappa shape index (κ2) is 9.33. The average Bonchev–Trinajstić information content (AvgIpc) is 2.75. The van der Waals surface area contributed by atoms with Crippen molar-refractivity contribution in [2.24, 2.45) is 11.3 Å². The molecule has 0 aliphatic carbocycles. The van der Waals surface area contributed by atoms with Crippen LogP contribution in [-0.2, 0) is 9.53 Å². The molecular weight excluding hydrogens is 380 g/mol. The lowest BCUT2D eigenvalue weighted by molar-refractivity contribution is -0.144. The van der Waals surface area contributed by atoms with Crippen LogP contribution >= 0.6 is 0 Å². The molecule has 1 N–H and O–H groups in total. The van der Waals surface area contributed by atoms with E-state index in [-0.39, 0.29) is 23.3 Å². The number of urea groups is 1. The van der Waals surface area contributed by atoms with Crippen molar-refractivity contribution in [1.82, 2.24) is 20.1 Å². The Hall–Kier alpha value is -2.15. The van der Waals surface area contributed by atoms with Crippen molar-refractivity contribution in [2.75, 3.05) is 26.7 Å². The minimum atomic E-state index is -0.605. The zero-order valence-electron chi connectivity index (χ0n) is 18.9. The number of rotatable bonds is 6. The van der Waals surface area contributed by atoms with E-state index in [2.05, 4.69) is 35.1 Å². The van der Waals surface area contributed by atoms with E-state index >= 15 is 0 Å². The minimum absolute atomic E-state index is 0.0266. The van der Waals surface area contributed by atoms with E-state index in [4.69, 9.17) is 4.74 Å². The Morgan fingerprint density at radius 1 is 1.30 bits per heavy atom. The number of esters is 1. The van der Waals surface area contributed by atoms with Crippen molar-refractivity contribution in [2.45, 2.75) is 65.1 Å². The molecule has 2 saturated heterocycles. The van der Waals surface area contributed by atoms with Crippen molar-refractivity contribution < 1.29 is 14.3 Å². The van der Waals surface area contributed by atoms with Crippen LogP contribution in [0.3, 0.4) is 0 Å². The van der Waals surface area contributed by atoms with Gasteiger partial charge in [-0.3, -0.25) is 9.88 Å². The van der Waals surface area contributed by atoms with Gasteiger partial charge in [0.2, 0.25) is 0 Å². The Labute approximate surface area is 180 Å². The summed E-state index contributed by atoms with van der Waals surface area (Å²) < 4.78 is 4.90. The molecule has 3 rings (SSSR count). The molecule has 2 fully saturated rings. The van der Waals surface area contributed by atoms with Crippen LogP contribution in [0.2, 0.25) is 0 Å². The summed E-state index contributed by atoms with van der Waals surface area (Å²) in [7, 11) is 1.37. The Bertz CT molecular complexity index is 731. The number of nitrogens with zero attached hydrogens (tertiary/aromatic N) is 3. The molecule has 0 radical (unpaired) electrons. The first-order valence-corrected chi connectivity index (χ1v) is 11.1. The summed E-state index contributed by atoms with van der Waals surface area (Å²) in [6.07, 6.45) is 6.50. The van der Waals surface area contributed by atoms with Crippen LogP contribution in [0, 0.1) is 11.3 Å². The number of piperidine rings is 1.